The summed E-state index contributed by atoms with van der Waals surface area (Å²) < 4.78 is 56.0. The topological polar surface area (TPSA) is 121 Å². The lowest BCUT2D eigenvalue weighted by Gasteiger charge is -2.15. The van der Waals surface area contributed by atoms with Crippen molar-refractivity contribution in [3.8, 4) is 0 Å². The Balaban J connectivity index is 1.77. The van der Waals surface area contributed by atoms with Crippen LogP contribution in [0.1, 0.15) is 23.6 Å². The fraction of sp³-hybridized carbons (Fsp3) is 0.174. The van der Waals surface area contributed by atoms with Crippen LogP contribution in [-0.2, 0) is 24.8 Å². The molecule has 1 amide bonds. The van der Waals surface area contributed by atoms with Crippen LogP contribution in [0.4, 0.5) is 17.1 Å². The molecule has 33 heavy (non-hydrogen) atoms. The first-order valence-corrected chi connectivity index (χ1v) is 13.0. The Morgan fingerprint density at radius 2 is 1.09 bits per heavy atom. The van der Waals surface area contributed by atoms with Crippen LogP contribution in [0.3, 0.4) is 0 Å². The highest BCUT2D eigenvalue weighted by atomic mass is 32.2. The number of hydrogen-bond donors (Lipinski definition) is 3. The van der Waals surface area contributed by atoms with E-state index in [4.69, 9.17) is 0 Å². The minimum Gasteiger partial charge on any atom is -0.326 e. The number of carbonyl (C=O) groups is 1. The fourth-order valence-corrected chi connectivity index (χ4v) is 5.63. The zero-order valence-corrected chi connectivity index (χ0v) is 20.3. The zero-order valence-electron chi connectivity index (χ0n) is 18.6. The third kappa shape index (κ3) is 5.91. The van der Waals surface area contributed by atoms with Crippen LogP contribution in [0, 0.1) is 20.8 Å². The summed E-state index contributed by atoms with van der Waals surface area (Å²) in [6, 6.07) is 14.9. The molecule has 3 rings (SSSR count). The Bertz CT molecular complexity index is 1370. The Morgan fingerprint density at radius 1 is 0.667 bits per heavy atom. The van der Waals surface area contributed by atoms with E-state index in [0.717, 1.165) is 16.7 Å². The molecule has 0 aliphatic rings. The molecular formula is C23H25N3O5S2. The predicted molar refractivity (Wildman–Crippen MR) is 129 cm³/mol. The van der Waals surface area contributed by atoms with Crippen LogP contribution in [0.5, 0.6) is 0 Å². The molecule has 0 aliphatic heterocycles. The average molecular weight is 488 g/mol. The number of nitrogens with one attached hydrogen (secondary N) is 3. The standard InChI is InChI=1S/C23H25N3O5S2/c1-15-13-16(2)23(17(3)14-15)26-33(30,31)22-11-7-20(8-12-22)25-32(28,29)21-9-5-19(6-10-21)24-18(4)27/h5-14,25-26H,1-4H3,(H,24,27). The lowest BCUT2D eigenvalue weighted by atomic mass is 10.1. The van der Waals surface area contributed by atoms with E-state index in [-0.39, 0.29) is 21.4 Å². The highest BCUT2D eigenvalue weighted by molar-refractivity contribution is 7.93. The SMILES string of the molecule is CC(=O)Nc1ccc(S(=O)(=O)Nc2ccc(S(=O)(=O)Nc3c(C)cc(C)cc3C)cc2)cc1. The van der Waals surface area contributed by atoms with E-state index >= 15 is 0 Å². The number of anilines is 3. The Hall–Kier alpha value is -3.37. The molecule has 0 heterocycles. The van der Waals surface area contributed by atoms with Gasteiger partial charge in [0.2, 0.25) is 5.91 Å². The second kappa shape index (κ2) is 9.24. The summed E-state index contributed by atoms with van der Waals surface area (Å²) in [6.45, 7) is 6.96. The van der Waals surface area contributed by atoms with E-state index in [1.807, 2.05) is 32.9 Å². The lowest BCUT2D eigenvalue weighted by molar-refractivity contribution is -0.114. The van der Waals surface area contributed by atoms with Crippen molar-refractivity contribution in [2.75, 3.05) is 14.8 Å². The molecular weight excluding hydrogens is 462 g/mol. The van der Waals surface area contributed by atoms with Crippen LogP contribution < -0.4 is 14.8 Å². The highest BCUT2D eigenvalue weighted by Gasteiger charge is 2.18. The fourth-order valence-electron chi connectivity index (χ4n) is 3.37. The van der Waals surface area contributed by atoms with E-state index in [1.54, 1.807) is 0 Å². The van der Waals surface area contributed by atoms with Gasteiger partial charge < -0.3 is 5.32 Å². The van der Waals surface area contributed by atoms with E-state index in [1.165, 1.54) is 55.5 Å². The van der Waals surface area contributed by atoms with Gasteiger partial charge in [0.25, 0.3) is 20.0 Å². The molecule has 0 radical (unpaired) electrons. The molecule has 0 atom stereocenters. The summed E-state index contributed by atoms with van der Waals surface area (Å²) in [5.74, 6) is -0.263. The van der Waals surface area contributed by atoms with Crippen LogP contribution >= 0.6 is 0 Å². The number of carbonyl (C=O) groups excluding carboxylic acids is 1. The number of sulfonamides is 2. The molecule has 3 aromatic carbocycles. The van der Waals surface area contributed by atoms with Crippen LogP contribution in [-0.4, -0.2) is 22.7 Å². The third-order valence-electron chi connectivity index (χ3n) is 4.82. The van der Waals surface area contributed by atoms with Crippen molar-refractivity contribution < 1.29 is 21.6 Å². The summed E-state index contributed by atoms with van der Waals surface area (Å²) >= 11 is 0. The zero-order chi connectivity index (χ0) is 24.4. The van der Waals surface area contributed by atoms with Crippen molar-refractivity contribution in [2.24, 2.45) is 0 Å². The van der Waals surface area contributed by atoms with E-state index in [0.29, 0.717) is 11.4 Å². The molecule has 10 heteroatoms. The van der Waals surface area contributed by atoms with Crippen LogP contribution in [0.25, 0.3) is 0 Å². The van der Waals surface area contributed by atoms with Crippen LogP contribution in [0.15, 0.2) is 70.5 Å². The van der Waals surface area contributed by atoms with Crippen molar-refractivity contribution in [3.05, 3.63) is 77.4 Å². The molecule has 0 saturated carbocycles. The summed E-state index contributed by atoms with van der Waals surface area (Å²) in [6.07, 6.45) is 0. The molecule has 0 spiro atoms. The number of amides is 1. The van der Waals surface area contributed by atoms with Gasteiger partial charge in [0, 0.05) is 18.3 Å². The lowest BCUT2D eigenvalue weighted by Crippen LogP contribution is -2.16. The van der Waals surface area contributed by atoms with Crippen molar-refractivity contribution in [1.29, 1.82) is 0 Å². The normalized spacial score (nSPS) is 11.6. The van der Waals surface area contributed by atoms with Crippen molar-refractivity contribution in [2.45, 2.75) is 37.5 Å². The first kappa shape index (κ1) is 24.3. The van der Waals surface area contributed by atoms with Gasteiger partial charge in [-0.3, -0.25) is 14.2 Å². The number of aryl methyl sites for hydroxylation is 3. The Kier molecular flexibility index (Phi) is 6.80. The molecule has 0 fully saturated rings. The van der Waals surface area contributed by atoms with Gasteiger partial charge in [-0.25, -0.2) is 16.8 Å². The molecule has 0 saturated heterocycles. The predicted octanol–water partition coefficient (Wildman–Crippen LogP) is 4.17. The monoisotopic (exact) mass is 487 g/mol. The van der Waals surface area contributed by atoms with Gasteiger partial charge >= 0.3 is 0 Å². The van der Waals surface area contributed by atoms with Crippen LogP contribution in [0.2, 0.25) is 0 Å². The molecule has 0 aromatic heterocycles. The first-order valence-electron chi connectivity index (χ1n) is 9.98. The minimum atomic E-state index is -3.90. The molecule has 174 valence electrons. The quantitative estimate of drug-likeness (QED) is 0.462. The molecule has 0 aliphatic carbocycles. The third-order valence-corrected chi connectivity index (χ3v) is 7.58. The van der Waals surface area contributed by atoms with Gasteiger partial charge in [-0.05, 0) is 80.4 Å². The van der Waals surface area contributed by atoms with E-state index in [2.05, 4.69) is 14.8 Å². The average Bonchev–Trinajstić information content (AvgIpc) is 2.71. The molecule has 0 bridgehead atoms. The van der Waals surface area contributed by atoms with Crippen molar-refractivity contribution >= 4 is 43.0 Å². The summed E-state index contributed by atoms with van der Waals surface area (Å²) in [5, 5.41) is 2.56. The van der Waals surface area contributed by atoms with Gasteiger partial charge in [0.1, 0.15) is 0 Å². The van der Waals surface area contributed by atoms with E-state index < -0.39 is 20.0 Å². The summed E-state index contributed by atoms with van der Waals surface area (Å²) in [4.78, 5) is 11.1. The number of hydrogen-bond acceptors (Lipinski definition) is 5. The van der Waals surface area contributed by atoms with Gasteiger partial charge in [0.15, 0.2) is 0 Å². The summed E-state index contributed by atoms with van der Waals surface area (Å²) in [7, 11) is -7.76. The molecule has 3 N–H and O–H groups in total. The minimum absolute atomic E-state index is 0.000267. The maximum absolute atomic E-state index is 12.8. The van der Waals surface area contributed by atoms with E-state index in [9.17, 15) is 21.6 Å². The highest BCUT2D eigenvalue weighted by Crippen LogP contribution is 2.26. The molecule has 0 unspecified atom stereocenters. The maximum atomic E-state index is 12.8. The van der Waals surface area contributed by atoms with Gasteiger partial charge in [0.05, 0.1) is 15.5 Å². The Labute approximate surface area is 194 Å². The largest absolute Gasteiger partial charge is 0.326 e. The smallest absolute Gasteiger partial charge is 0.261 e. The van der Waals surface area contributed by atoms with Gasteiger partial charge in [-0.15, -0.1) is 0 Å². The summed E-state index contributed by atoms with van der Waals surface area (Å²) in [5.41, 5.74) is 3.86. The molecule has 3 aromatic rings. The second-order valence-electron chi connectivity index (χ2n) is 7.71. The molecule has 8 nitrogen and oxygen atoms in total. The van der Waals surface area contributed by atoms with Crippen molar-refractivity contribution in [1.82, 2.24) is 0 Å². The second-order valence-corrected chi connectivity index (χ2v) is 11.1. The van der Waals surface area contributed by atoms with Gasteiger partial charge in [-0.2, -0.15) is 0 Å². The Morgan fingerprint density at radius 3 is 1.55 bits per heavy atom. The van der Waals surface area contributed by atoms with Crippen molar-refractivity contribution in [3.63, 3.8) is 0 Å². The number of rotatable bonds is 7. The van der Waals surface area contributed by atoms with Gasteiger partial charge in [-0.1, -0.05) is 17.7 Å². The number of benzene rings is 3. The maximum Gasteiger partial charge on any atom is 0.261 e. The first-order chi connectivity index (χ1) is 15.4.